The van der Waals surface area contributed by atoms with Gasteiger partial charge in [0.25, 0.3) is 0 Å². The van der Waals surface area contributed by atoms with E-state index in [9.17, 15) is 5.11 Å². The lowest BCUT2D eigenvalue weighted by atomic mass is 9.77. The summed E-state index contributed by atoms with van der Waals surface area (Å²) in [6.45, 7) is 2.09. The Morgan fingerprint density at radius 2 is 1.95 bits per heavy atom. The number of aliphatic hydroxyl groups is 1. The van der Waals surface area contributed by atoms with E-state index < -0.39 is 11.9 Å². The second-order valence-electron chi connectivity index (χ2n) is 5.74. The van der Waals surface area contributed by atoms with Crippen LogP contribution in [-0.4, -0.2) is 37.2 Å². The zero-order chi connectivity index (χ0) is 15.9. The Hall–Kier alpha value is -1.69. The van der Waals surface area contributed by atoms with Crippen LogP contribution in [0.25, 0.3) is 10.9 Å². The van der Waals surface area contributed by atoms with Crippen molar-refractivity contribution in [3.63, 3.8) is 0 Å². The predicted octanol–water partition coefficient (Wildman–Crippen LogP) is 2.77. The number of rotatable bonds is 3. The van der Waals surface area contributed by atoms with Crippen LogP contribution in [0, 0.1) is 0 Å². The third kappa shape index (κ3) is 2.08. The molecule has 0 amide bonds. The van der Waals surface area contributed by atoms with E-state index in [0.717, 1.165) is 27.8 Å². The summed E-state index contributed by atoms with van der Waals surface area (Å²) < 4.78 is 16.4. The van der Waals surface area contributed by atoms with Crippen LogP contribution in [-0.2, 0) is 9.47 Å². The van der Waals surface area contributed by atoms with Crippen molar-refractivity contribution in [2.24, 2.45) is 0 Å². The Morgan fingerprint density at radius 1 is 1.23 bits per heavy atom. The number of ether oxygens (including phenoxy) is 3. The number of pyridine rings is 1. The molecule has 2 atom stereocenters. The average Bonchev–Trinajstić information content (AvgIpc) is 2.56. The fourth-order valence-corrected chi connectivity index (χ4v) is 3.37. The maximum absolute atomic E-state index is 10.9. The van der Waals surface area contributed by atoms with E-state index in [-0.39, 0.29) is 5.92 Å². The highest BCUT2D eigenvalue weighted by molar-refractivity contribution is 5.85. The van der Waals surface area contributed by atoms with Gasteiger partial charge < -0.3 is 19.3 Å². The number of hydrogen-bond donors (Lipinski definition) is 1. The number of fused-ring (bicyclic) bond motifs is 3. The molecule has 0 bridgehead atoms. The molecule has 0 aliphatic heterocycles. The summed E-state index contributed by atoms with van der Waals surface area (Å²) in [4.78, 5) is 4.51. The maximum Gasteiger partial charge on any atom is 0.198 e. The zero-order valence-corrected chi connectivity index (χ0v) is 13.3. The van der Waals surface area contributed by atoms with Crippen LogP contribution >= 0.6 is 0 Å². The minimum absolute atomic E-state index is 0.168. The minimum atomic E-state index is -1.04. The fraction of sp³-hybridized carbons (Fsp3) is 0.471. The van der Waals surface area contributed by atoms with Crippen LogP contribution < -0.4 is 4.74 Å². The van der Waals surface area contributed by atoms with Gasteiger partial charge in [0.1, 0.15) is 11.9 Å². The van der Waals surface area contributed by atoms with Crippen molar-refractivity contribution in [3.05, 3.63) is 35.5 Å². The van der Waals surface area contributed by atoms with Gasteiger partial charge >= 0.3 is 0 Å². The van der Waals surface area contributed by atoms with Crippen molar-refractivity contribution in [2.75, 3.05) is 21.3 Å². The van der Waals surface area contributed by atoms with Crippen LogP contribution in [0.5, 0.6) is 5.75 Å². The van der Waals surface area contributed by atoms with Crippen molar-refractivity contribution in [1.29, 1.82) is 0 Å². The molecule has 0 saturated carbocycles. The highest BCUT2D eigenvalue weighted by atomic mass is 16.7. The Balaban J connectivity index is 2.29. The molecule has 0 spiro atoms. The summed E-state index contributed by atoms with van der Waals surface area (Å²) in [6.07, 6.45) is 1.53. The Morgan fingerprint density at radius 3 is 2.59 bits per heavy atom. The second-order valence-corrected chi connectivity index (χ2v) is 5.74. The number of aromatic nitrogens is 1. The van der Waals surface area contributed by atoms with Gasteiger partial charge in [0.2, 0.25) is 0 Å². The van der Waals surface area contributed by atoms with Crippen LogP contribution in [0.15, 0.2) is 24.4 Å². The van der Waals surface area contributed by atoms with E-state index in [1.54, 1.807) is 21.3 Å². The van der Waals surface area contributed by atoms with Crippen molar-refractivity contribution >= 4 is 10.9 Å². The van der Waals surface area contributed by atoms with E-state index in [0.29, 0.717) is 6.42 Å². The predicted molar refractivity (Wildman–Crippen MR) is 83.0 cm³/mol. The molecule has 1 aliphatic rings. The van der Waals surface area contributed by atoms with Crippen molar-refractivity contribution in [3.8, 4) is 5.75 Å². The Bertz CT molecular complexity index is 696. The number of methoxy groups -OCH3 is 3. The van der Waals surface area contributed by atoms with Gasteiger partial charge in [-0.2, -0.15) is 0 Å². The molecule has 0 unspecified atom stereocenters. The highest BCUT2D eigenvalue weighted by Gasteiger charge is 2.47. The SMILES string of the molecule is COc1ccc2ncc3c(c2c1)[C@@H](O)C(OC)(OC)C[C@@H]3C. The molecule has 0 radical (unpaired) electrons. The molecule has 1 aromatic heterocycles. The lowest BCUT2D eigenvalue weighted by Crippen LogP contribution is -2.45. The first-order valence-corrected chi connectivity index (χ1v) is 7.31. The molecule has 22 heavy (non-hydrogen) atoms. The van der Waals surface area contributed by atoms with Gasteiger partial charge in [0, 0.05) is 37.8 Å². The van der Waals surface area contributed by atoms with Crippen LogP contribution in [0.3, 0.4) is 0 Å². The summed E-state index contributed by atoms with van der Waals surface area (Å²) in [5.41, 5.74) is 2.65. The fourth-order valence-electron chi connectivity index (χ4n) is 3.37. The Labute approximate surface area is 129 Å². The quantitative estimate of drug-likeness (QED) is 0.884. The van der Waals surface area contributed by atoms with Crippen molar-refractivity contribution < 1.29 is 19.3 Å². The maximum atomic E-state index is 10.9. The van der Waals surface area contributed by atoms with E-state index in [1.807, 2.05) is 24.4 Å². The van der Waals surface area contributed by atoms with E-state index in [1.165, 1.54) is 0 Å². The molecule has 1 N–H and O–H groups in total. The molecule has 3 rings (SSSR count). The topological polar surface area (TPSA) is 60.8 Å². The molecular formula is C17H21NO4. The van der Waals surface area contributed by atoms with Crippen LogP contribution in [0.4, 0.5) is 0 Å². The van der Waals surface area contributed by atoms with Gasteiger partial charge in [-0.25, -0.2) is 0 Å². The summed E-state index contributed by atoms with van der Waals surface area (Å²) in [6, 6.07) is 5.65. The normalized spacial score (nSPS) is 23.3. The molecule has 1 heterocycles. The van der Waals surface area contributed by atoms with Gasteiger partial charge in [-0.15, -0.1) is 0 Å². The standard InChI is InChI=1S/C17H21NO4/c1-10-8-17(21-3,22-4)16(19)15-12-7-11(20-2)5-6-14(12)18-9-13(10)15/h5-7,9-10,16,19H,8H2,1-4H3/t10-,16+/m0/s1. The molecule has 5 nitrogen and oxygen atoms in total. The summed E-state index contributed by atoms with van der Waals surface area (Å²) in [7, 11) is 4.75. The third-order valence-electron chi connectivity index (χ3n) is 4.65. The van der Waals surface area contributed by atoms with Gasteiger partial charge in [-0.05, 0) is 29.7 Å². The molecular weight excluding hydrogens is 282 g/mol. The molecule has 1 aromatic carbocycles. The molecule has 1 aliphatic carbocycles. The van der Waals surface area contributed by atoms with E-state index in [4.69, 9.17) is 14.2 Å². The second kappa shape index (κ2) is 5.50. The van der Waals surface area contributed by atoms with Crippen molar-refractivity contribution in [1.82, 2.24) is 4.98 Å². The molecule has 2 aromatic rings. The number of benzene rings is 1. The Kier molecular flexibility index (Phi) is 3.80. The lowest BCUT2D eigenvalue weighted by Gasteiger charge is -2.42. The third-order valence-corrected chi connectivity index (χ3v) is 4.65. The molecule has 0 saturated heterocycles. The van der Waals surface area contributed by atoms with Crippen LogP contribution in [0.2, 0.25) is 0 Å². The minimum Gasteiger partial charge on any atom is -0.497 e. The number of nitrogens with zero attached hydrogens (tertiary/aromatic N) is 1. The summed E-state index contributed by atoms with van der Waals surface area (Å²) in [5, 5.41) is 11.8. The van der Waals surface area contributed by atoms with Gasteiger partial charge in [-0.3, -0.25) is 4.98 Å². The van der Waals surface area contributed by atoms with Crippen molar-refractivity contribution in [2.45, 2.75) is 31.2 Å². The van der Waals surface area contributed by atoms with E-state index in [2.05, 4.69) is 11.9 Å². The summed E-state index contributed by atoms with van der Waals surface area (Å²) in [5.74, 6) is -0.140. The van der Waals surface area contributed by atoms with Gasteiger partial charge in [0.15, 0.2) is 5.79 Å². The highest BCUT2D eigenvalue weighted by Crippen LogP contribution is 2.48. The zero-order valence-electron chi connectivity index (χ0n) is 13.3. The van der Waals surface area contributed by atoms with Crippen LogP contribution in [0.1, 0.15) is 36.5 Å². The van der Waals surface area contributed by atoms with Gasteiger partial charge in [-0.1, -0.05) is 6.92 Å². The first kappa shape index (κ1) is 15.2. The molecule has 0 fully saturated rings. The first-order valence-electron chi connectivity index (χ1n) is 7.31. The number of hydrogen-bond acceptors (Lipinski definition) is 5. The molecule has 5 heteroatoms. The number of aliphatic hydroxyl groups excluding tert-OH is 1. The van der Waals surface area contributed by atoms with Gasteiger partial charge in [0.05, 0.1) is 12.6 Å². The first-order chi connectivity index (χ1) is 10.6. The molecule has 118 valence electrons. The monoisotopic (exact) mass is 303 g/mol. The van der Waals surface area contributed by atoms with E-state index >= 15 is 0 Å². The lowest BCUT2D eigenvalue weighted by molar-refractivity contribution is -0.271. The smallest absolute Gasteiger partial charge is 0.198 e. The summed E-state index contributed by atoms with van der Waals surface area (Å²) >= 11 is 0. The average molecular weight is 303 g/mol. The largest absolute Gasteiger partial charge is 0.497 e.